The maximum Gasteiger partial charge on any atom is 0.336 e. The van der Waals surface area contributed by atoms with Crippen LogP contribution < -0.4 is 0 Å². The van der Waals surface area contributed by atoms with Gasteiger partial charge in [-0.3, -0.25) is 0 Å². The highest BCUT2D eigenvalue weighted by Crippen LogP contribution is 2.19. The Hall–Kier alpha value is -1.86. The lowest BCUT2D eigenvalue weighted by atomic mass is 9.95. The largest absolute Gasteiger partial charge is 0.478 e. The summed E-state index contributed by atoms with van der Waals surface area (Å²) in [5, 5.41) is 26.8. The molecule has 0 heterocycles. The molecule has 2 N–H and O–H groups in total. The topological polar surface area (TPSA) is 81.3 Å². The van der Waals surface area contributed by atoms with Crippen LogP contribution in [0.2, 0.25) is 0 Å². The second-order valence-corrected chi connectivity index (χ2v) is 3.05. The quantitative estimate of drug-likeness (QED) is 0.779. The van der Waals surface area contributed by atoms with Crippen LogP contribution >= 0.6 is 0 Å². The number of hydrogen-bond donors (Lipinski definition) is 2. The summed E-state index contributed by atoms with van der Waals surface area (Å²) in [5.74, 6) is -1.05. The first kappa shape index (κ1) is 11.2. The summed E-state index contributed by atoms with van der Waals surface area (Å²) in [6.07, 6.45) is 0.457. The van der Waals surface area contributed by atoms with E-state index in [9.17, 15) is 4.79 Å². The van der Waals surface area contributed by atoms with E-state index in [1.54, 1.807) is 6.92 Å². The van der Waals surface area contributed by atoms with Gasteiger partial charge < -0.3 is 10.2 Å². The Kier molecular flexibility index (Phi) is 3.42. The first-order valence-electron chi connectivity index (χ1n) is 4.54. The minimum absolute atomic E-state index is 0.131. The molecule has 78 valence electrons. The molecule has 0 fully saturated rings. The van der Waals surface area contributed by atoms with Gasteiger partial charge in [0.1, 0.15) is 0 Å². The second-order valence-electron chi connectivity index (χ2n) is 3.05. The molecular weight excluding hydrogens is 194 g/mol. The molecular formula is C11H11NO3. The smallest absolute Gasteiger partial charge is 0.336 e. The van der Waals surface area contributed by atoms with E-state index in [2.05, 4.69) is 0 Å². The number of aliphatic hydroxyl groups is 1. The van der Waals surface area contributed by atoms with E-state index in [1.165, 1.54) is 12.1 Å². The van der Waals surface area contributed by atoms with Crippen LogP contribution in [0.1, 0.15) is 34.0 Å². The van der Waals surface area contributed by atoms with Crippen LogP contribution in [0.4, 0.5) is 0 Å². The standard InChI is InChI=1S/C11H11NO3/c1-2-8-9(11(14)15)4-3-7(6-13)10(8)5-12/h3-4,13H,2,6H2,1H3,(H,14,15). The molecule has 15 heavy (non-hydrogen) atoms. The molecule has 0 saturated heterocycles. The van der Waals surface area contributed by atoms with Crippen molar-refractivity contribution in [3.8, 4) is 6.07 Å². The van der Waals surface area contributed by atoms with Crippen molar-refractivity contribution in [2.24, 2.45) is 0 Å². The predicted octanol–water partition coefficient (Wildman–Crippen LogP) is 1.31. The SMILES string of the molecule is CCc1c(C(=O)O)ccc(CO)c1C#N. The number of hydrogen-bond acceptors (Lipinski definition) is 3. The van der Waals surface area contributed by atoms with E-state index in [1.807, 2.05) is 6.07 Å². The Balaban J connectivity index is 3.50. The fourth-order valence-electron chi connectivity index (χ4n) is 1.53. The van der Waals surface area contributed by atoms with Crippen LogP contribution in [-0.4, -0.2) is 16.2 Å². The molecule has 0 atom stereocenters. The molecule has 4 heteroatoms. The van der Waals surface area contributed by atoms with E-state index < -0.39 is 5.97 Å². The molecule has 0 aliphatic heterocycles. The van der Waals surface area contributed by atoms with Gasteiger partial charge in [-0.05, 0) is 23.6 Å². The normalized spacial score (nSPS) is 9.67. The lowest BCUT2D eigenvalue weighted by molar-refractivity contribution is 0.0695. The zero-order chi connectivity index (χ0) is 11.4. The Morgan fingerprint density at radius 3 is 2.60 bits per heavy atom. The van der Waals surface area contributed by atoms with Gasteiger partial charge in [-0.1, -0.05) is 13.0 Å². The minimum Gasteiger partial charge on any atom is -0.478 e. The Labute approximate surface area is 87.4 Å². The summed E-state index contributed by atoms with van der Waals surface area (Å²) in [5.41, 5.74) is 1.36. The van der Waals surface area contributed by atoms with E-state index in [-0.39, 0.29) is 17.7 Å². The van der Waals surface area contributed by atoms with Crippen LogP contribution in [0, 0.1) is 11.3 Å². The third-order valence-electron chi connectivity index (χ3n) is 2.27. The minimum atomic E-state index is -1.05. The zero-order valence-electron chi connectivity index (χ0n) is 8.32. The Morgan fingerprint density at radius 2 is 2.20 bits per heavy atom. The van der Waals surface area contributed by atoms with Crippen molar-refractivity contribution >= 4 is 5.97 Å². The number of benzene rings is 1. The van der Waals surface area contributed by atoms with Gasteiger partial charge in [0.2, 0.25) is 0 Å². The molecule has 0 unspecified atom stereocenters. The van der Waals surface area contributed by atoms with Crippen molar-refractivity contribution in [1.29, 1.82) is 5.26 Å². The van der Waals surface area contributed by atoms with Gasteiger partial charge in [0.15, 0.2) is 0 Å². The first-order chi connectivity index (χ1) is 7.15. The van der Waals surface area contributed by atoms with Gasteiger partial charge in [-0.25, -0.2) is 4.79 Å². The number of rotatable bonds is 3. The maximum atomic E-state index is 10.9. The summed E-state index contributed by atoms with van der Waals surface area (Å²) >= 11 is 0. The number of carboxylic acids is 1. The van der Waals surface area contributed by atoms with Gasteiger partial charge in [0, 0.05) is 0 Å². The molecule has 0 bridgehead atoms. The average Bonchev–Trinajstić information content (AvgIpc) is 2.26. The summed E-state index contributed by atoms with van der Waals surface area (Å²) in [6, 6.07) is 4.84. The van der Waals surface area contributed by atoms with Crippen molar-refractivity contribution in [3.63, 3.8) is 0 Å². The monoisotopic (exact) mass is 205 g/mol. The molecule has 4 nitrogen and oxygen atoms in total. The number of carboxylic acid groups (broad SMARTS) is 1. The van der Waals surface area contributed by atoms with Gasteiger partial charge in [-0.2, -0.15) is 5.26 Å². The van der Waals surface area contributed by atoms with E-state index in [4.69, 9.17) is 15.5 Å². The highest BCUT2D eigenvalue weighted by molar-refractivity contribution is 5.90. The summed E-state index contributed by atoms with van der Waals surface area (Å²) in [4.78, 5) is 10.9. The number of aromatic carboxylic acids is 1. The number of aliphatic hydroxyl groups excluding tert-OH is 1. The fourth-order valence-corrected chi connectivity index (χ4v) is 1.53. The molecule has 1 aromatic rings. The lowest BCUT2D eigenvalue weighted by Gasteiger charge is -2.09. The Morgan fingerprint density at radius 1 is 1.53 bits per heavy atom. The molecule has 0 aromatic heterocycles. The van der Waals surface area contributed by atoms with Crippen LogP contribution in [0.15, 0.2) is 12.1 Å². The lowest BCUT2D eigenvalue weighted by Crippen LogP contribution is -2.06. The second kappa shape index (κ2) is 4.58. The van der Waals surface area contributed by atoms with Gasteiger partial charge in [0.25, 0.3) is 0 Å². The number of nitriles is 1. The predicted molar refractivity (Wildman–Crippen MR) is 53.4 cm³/mol. The van der Waals surface area contributed by atoms with Crippen molar-refractivity contribution < 1.29 is 15.0 Å². The van der Waals surface area contributed by atoms with Crippen molar-refractivity contribution in [3.05, 3.63) is 34.4 Å². The summed E-state index contributed by atoms with van der Waals surface area (Å²) in [7, 11) is 0. The number of nitrogens with zero attached hydrogens (tertiary/aromatic N) is 1. The van der Waals surface area contributed by atoms with Crippen LogP contribution in [0.5, 0.6) is 0 Å². The van der Waals surface area contributed by atoms with E-state index in [0.717, 1.165) is 0 Å². The molecule has 0 aliphatic rings. The number of carbonyl (C=O) groups is 1. The highest BCUT2D eigenvalue weighted by atomic mass is 16.4. The average molecular weight is 205 g/mol. The molecule has 0 radical (unpaired) electrons. The highest BCUT2D eigenvalue weighted by Gasteiger charge is 2.15. The molecule has 0 amide bonds. The van der Waals surface area contributed by atoms with Crippen LogP contribution in [0.3, 0.4) is 0 Å². The molecule has 0 saturated carbocycles. The van der Waals surface area contributed by atoms with Crippen molar-refractivity contribution in [1.82, 2.24) is 0 Å². The van der Waals surface area contributed by atoms with E-state index in [0.29, 0.717) is 17.5 Å². The molecule has 0 aliphatic carbocycles. The molecule has 1 rings (SSSR count). The Bertz CT molecular complexity index is 432. The van der Waals surface area contributed by atoms with Gasteiger partial charge in [-0.15, -0.1) is 0 Å². The van der Waals surface area contributed by atoms with Gasteiger partial charge >= 0.3 is 5.97 Å². The molecule has 1 aromatic carbocycles. The zero-order valence-corrected chi connectivity index (χ0v) is 8.32. The van der Waals surface area contributed by atoms with Crippen molar-refractivity contribution in [2.45, 2.75) is 20.0 Å². The van der Waals surface area contributed by atoms with Crippen LogP contribution in [0.25, 0.3) is 0 Å². The molecule has 0 spiro atoms. The third kappa shape index (κ3) is 1.97. The van der Waals surface area contributed by atoms with Gasteiger partial charge in [0.05, 0.1) is 23.8 Å². The third-order valence-corrected chi connectivity index (χ3v) is 2.27. The van der Waals surface area contributed by atoms with Crippen molar-refractivity contribution in [2.75, 3.05) is 0 Å². The maximum absolute atomic E-state index is 10.9. The fraction of sp³-hybridized carbons (Fsp3) is 0.273. The van der Waals surface area contributed by atoms with E-state index >= 15 is 0 Å². The summed E-state index contributed by atoms with van der Waals surface area (Å²) < 4.78 is 0. The van der Waals surface area contributed by atoms with Crippen LogP contribution in [-0.2, 0) is 13.0 Å². The summed E-state index contributed by atoms with van der Waals surface area (Å²) in [6.45, 7) is 1.53. The first-order valence-corrected chi connectivity index (χ1v) is 4.54.